The molecule has 0 saturated carbocycles. The van der Waals surface area contributed by atoms with Gasteiger partial charge in [0.15, 0.2) is 0 Å². The van der Waals surface area contributed by atoms with E-state index in [1.165, 1.54) is 11.1 Å². The van der Waals surface area contributed by atoms with Gasteiger partial charge in [0, 0.05) is 16.6 Å². The largest absolute Gasteiger partial charge is 0.486 e. The lowest BCUT2D eigenvalue weighted by Gasteiger charge is -2.27. The summed E-state index contributed by atoms with van der Waals surface area (Å²) in [6, 6.07) is 16.9. The Morgan fingerprint density at radius 3 is 2.55 bits per heavy atom. The lowest BCUT2D eigenvalue weighted by molar-refractivity contribution is 0.0958. The topological polar surface area (TPSA) is 21.3 Å². The van der Waals surface area contributed by atoms with Gasteiger partial charge in [-0.25, -0.2) is 0 Å². The molecule has 2 aromatic rings. The van der Waals surface area contributed by atoms with Crippen LogP contribution in [-0.4, -0.2) is 5.60 Å². The molecule has 1 N–H and O–H groups in total. The van der Waals surface area contributed by atoms with Gasteiger partial charge < -0.3 is 10.1 Å². The second-order valence-electron chi connectivity index (χ2n) is 5.68. The zero-order valence-corrected chi connectivity index (χ0v) is 13.3. The lowest BCUT2D eigenvalue weighted by atomic mass is 9.94. The second kappa shape index (κ2) is 5.23. The molecule has 20 heavy (non-hydrogen) atoms. The van der Waals surface area contributed by atoms with Crippen LogP contribution in [-0.2, 0) is 6.54 Å². The first-order valence-corrected chi connectivity index (χ1v) is 7.61. The fourth-order valence-corrected chi connectivity index (χ4v) is 2.97. The Hall–Kier alpha value is -1.32. The average molecular weight is 332 g/mol. The van der Waals surface area contributed by atoms with E-state index in [-0.39, 0.29) is 11.6 Å². The van der Waals surface area contributed by atoms with Crippen LogP contribution in [0, 0.1) is 0 Å². The summed E-state index contributed by atoms with van der Waals surface area (Å²) in [4.78, 5) is 0. The maximum atomic E-state index is 6.04. The monoisotopic (exact) mass is 331 g/mol. The predicted octanol–water partition coefficient (Wildman–Crippen LogP) is 4.45. The van der Waals surface area contributed by atoms with Gasteiger partial charge in [0.25, 0.3) is 0 Å². The third kappa shape index (κ3) is 2.60. The first kappa shape index (κ1) is 13.7. The molecule has 0 spiro atoms. The van der Waals surface area contributed by atoms with Gasteiger partial charge >= 0.3 is 0 Å². The third-order valence-electron chi connectivity index (χ3n) is 3.72. The van der Waals surface area contributed by atoms with Crippen molar-refractivity contribution in [1.82, 2.24) is 5.32 Å². The van der Waals surface area contributed by atoms with Crippen molar-refractivity contribution in [3.8, 4) is 5.75 Å². The molecule has 0 radical (unpaired) electrons. The maximum absolute atomic E-state index is 6.04. The summed E-state index contributed by atoms with van der Waals surface area (Å²) in [7, 11) is 0. The summed E-state index contributed by atoms with van der Waals surface area (Å²) in [6.45, 7) is 5.09. The lowest BCUT2D eigenvalue weighted by Crippen LogP contribution is -2.38. The van der Waals surface area contributed by atoms with Crippen molar-refractivity contribution >= 4 is 15.9 Å². The van der Waals surface area contributed by atoms with Crippen LogP contribution >= 0.6 is 15.9 Å². The van der Waals surface area contributed by atoms with Gasteiger partial charge in [0.05, 0.1) is 6.04 Å². The number of rotatable bonds is 3. The fraction of sp³-hybridized carbons (Fsp3) is 0.294. The summed E-state index contributed by atoms with van der Waals surface area (Å²) >= 11 is 3.46. The van der Waals surface area contributed by atoms with E-state index in [0.29, 0.717) is 0 Å². The molecule has 2 aromatic carbocycles. The van der Waals surface area contributed by atoms with Crippen LogP contribution in [0.2, 0.25) is 0 Å². The van der Waals surface area contributed by atoms with Crippen molar-refractivity contribution in [1.29, 1.82) is 0 Å². The number of benzene rings is 2. The van der Waals surface area contributed by atoms with E-state index in [2.05, 4.69) is 71.5 Å². The number of nitrogens with one attached hydrogen (secondary N) is 1. The first-order chi connectivity index (χ1) is 9.56. The molecule has 1 aliphatic heterocycles. The Balaban J connectivity index is 1.78. The molecule has 2 nitrogen and oxygen atoms in total. The number of hydrogen-bond donors (Lipinski definition) is 1. The molecular weight excluding hydrogens is 314 g/mol. The third-order valence-corrected chi connectivity index (χ3v) is 4.25. The molecule has 0 aliphatic carbocycles. The Labute approximate surface area is 128 Å². The predicted molar refractivity (Wildman–Crippen MR) is 84.9 cm³/mol. The van der Waals surface area contributed by atoms with Gasteiger partial charge in [-0.2, -0.15) is 0 Å². The standard InChI is InChI=1S/C17H18BrNO/c1-17(2)16(14-5-3-4-6-15(14)20-17)19-11-12-7-9-13(18)10-8-12/h3-10,16,19H,11H2,1-2H3. The number of halogens is 1. The molecule has 1 unspecified atom stereocenters. The van der Waals surface area contributed by atoms with Crippen LogP contribution in [0.5, 0.6) is 5.75 Å². The van der Waals surface area contributed by atoms with E-state index >= 15 is 0 Å². The molecule has 0 aromatic heterocycles. The highest BCUT2D eigenvalue weighted by Gasteiger charge is 2.40. The highest BCUT2D eigenvalue weighted by atomic mass is 79.9. The van der Waals surface area contributed by atoms with Crippen molar-refractivity contribution in [2.24, 2.45) is 0 Å². The van der Waals surface area contributed by atoms with Crippen molar-refractivity contribution in [2.45, 2.75) is 32.0 Å². The quantitative estimate of drug-likeness (QED) is 0.897. The Kier molecular flexibility index (Phi) is 3.57. The molecule has 1 atom stereocenters. The van der Waals surface area contributed by atoms with E-state index in [4.69, 9.17) is 4.74 Å². The van der Waals surface area contributed by atoms with E-state index in [0.717, 1.165) is 16.8 Å². The molecule has 0 bridgehead atoms. The van der Waals surface area contributed by atoms with Crippen LogP contribution in [0.15, 0.2) is 53.0 Å². The second-order valence-corrected chi connectivity index (χ2v) is 6.60. The molecule has 3 rings (SSSR count). The van der Waals surface area contributed by atoms with Crippen LogP contribution in [0.25, 0.3) is 0 Å². The van der Waals surface area contributed by atoms with Gasteiger partial charge in [-0.15, -0.1) is 0 Å². The molecule has 0 amide bonds. The first-order valence-electron chi connectivity index (χ1n) is 6.82. The Bertz CT molecular complexity index is 607. The smallest absolute Gasteiger partial charge is 0.125 e. The minimum Gasteiger partial charge on any atom is -0.486 e. The number of ether oxygens (including phenoxy) is 1. The van der Waals surface area contributed by atoms with Gasteiger partial charge in [0.2, 0.25) is 0 Å². The molecule has 3 heteroatoms. The normalized spacial score (nSPS) is 19.4. The molecule has 104 valence electrons. The van der Waals surface area contributed by atoms with Crippen LogP contribution < -0.4 is 10.1 Å². The molecule has 0 fully saturated rings. The summed E-state index contributed by atoms with van der Waals surface area (Å²) in [5.41, 5.74) is 2.29. The zero-order chi connectivity index (χ0) is 14.2. The van der Waals surface area contributed by atoms with E-state index in [1.807, 2.05) is 12.1 Å². The average Bonchev–Trinajstić information content (AvgIpc) is 2.68. The Morgan fingerprint density at radius 1 is 1.10 bits per heavy atom. The van der Waals surface area contributed by atoms with E-state index in [9.17, 15) is 0 Å². The van der Waals surface area contributed by atoms with Crippen molar-refractivity contribution in [3.63, 3.8) is 0 Å². The fourth-order valence-electron chi connectivity index (χ4n) is 2.71. The minimum atomic E-state index is -0.223. The molecule has 0 saturated heterocycles. The van der Waals surface area contributed by atoms with Crippen LogP contribution in [0.3, 0.4) is 0 Å². The minimum absolute atomic E-state index is 0.211. The van der Waals surface area contributed by atoms with Crippen LogP contribution in [0.1, 0.15) is 31.0 Å². The number of hydrogen-bond acceptors (Lipinski definition) is 2. The number of fused-ring (bicyclic) bond motifs is 1. The zero-order valence-electron chi connectivity index (χ0n) is 11.7. The van der Waals surface area contributed by atoms with Crippen molar-refractivity contribution < 1.29 is 4.74 Å². The van der Waals surface area contributed by atoms with Gasteiger partial charge in [-0.1, -0.05) is 46.3 Å². The maximum Gasteiger partial charge on any atom is 0.125 e. The van der Waals surface area contributed by atoms with Crippen molar-refractivity contribution in [3.05, 3.63) is 64.1 Å². The molecule has 1 heterocycles. The highest BCUT2D eigenvalue weighted by Crippen LogP contribution is 2.42. The summed E-state index contributed by atoms with van der Waals surface area (Å²) in [6.07, 6.45) is 0. The molecular formula is C17H18BrNO. The summed E-state index contributed by atoms with van der Waals surface area (Å²) in [5, 5.41) is 3.62. The van der Waals surface area contributed by atoms with Gasteiger partial charge in [0.1, 0.15) is 11.4 Å². The SMILES string of the molecule is CC1(C)Oc2ccccc2C1NCc1ccc(Br)cc1. The van der Waals surface area contributed by atoms with Gasteiger partial charge in [-0.05, 0) is 37.6 Å². The number of para-hydroxylation sites is 1. The summed E-state index contributed by atoms with van der Waals surface area (Å²) in [5.74, 6) is 0.991. The van der Waals surface area contributed by atoms with Crippen molar-refractivity contribution in [2.75, 3.05) is 0 Å². The Morgan fingerprint density at radius 2 is 1.80 bits per heavy atom. The van der Waals surface area contributed by atoms with E-state index < -0.39 is 0 Å². The highest BCUT2D eigenvalue weighted by molar-refractivity contribution is 9.10. The van der Waals surface area contributed by atoms with Gasteiger partial charge in [-0.3, -0.25) is 0 Å². The molecule has 1 aliphatic rings. The van der Waals surface area contributed by atoms with E-state index in [1.54, 1.807) is 0 Å². The summed E-state index contributed by atoms with van der Waals surface area (Å²) < 4.78 is 7.15. The van der Waals surface area contributed by atoms with Crippen LogP contribution in [0.4, 0.5) is 0 Å².